The molecule has 0 bridgehead atoms. The normalized spacial score (nSPS) is 28.4. The second kappa shape index (κ2) is 8.42. The van der Waals surface area contributed by atoms with Crippen LogP contribution in [-0.4, -0.2) is 38.8 Å². The van der Waals surface area contributed by atoms with Crippen molar-refractivity contribution >= 4 is 24.0 Å². The highest BCUT2D eigenvalue weighted by Gasteiger charge is 2.54. The van der Waals surface area contributed by atoms with Gasteiger partial charge in [-0.25, -0.2) is 0 Å². The lowest BCUT2D eigenvalue weighted by Gasteiger charge is -2.30. The summed E-state index contributed by atoms with van der Waals surface area (Å²) in [7, 11) is -1.33. The van der Waals surface area contributed by atoms with E-state index in [4.69, 9.17) is 14.2 Å². The van der Waals surface area contributed by atoms with Crippen LogP contribution in [0.15, 0.2) is 10.6 Å². The van der Waals surface area contributed by atoms with E-state index in [1.54, 1.807) is 0 Å². The van der Waals surface area contributed by atoms with Crippen LogP contribution in [0.4, 0.5) is 0 Å². The first-order valence-corrected chi connectivity index (χ1v) is 13.2. The zero-order valence-electron chi connectivity index (χ0n) is 16.0. The summed E-state index contributed by atoms with van der Waals surface area (Å²) in [6, 6.07) is 0. The van der Waals surface area contributed by atoms with Crippen molar-refractivity contribution in [2.75, 3.05) is 13.2 Å². The lowest BCUT2D eigenvalue weighted by atomic mass is 9.91. The molecular formula is C20H29BrO3Si. The van der Waals surface area contributed by atoms with Crippen molar-refractivity contribution < 1.29 is 14.2 Å². The second-order valence-electron chi connectivity index (χ2n) is 8.05. The van der Waals surface area contributed by atoms with Crippen molar-refractivity contribution in [3.8, 4) is 23.3 Å². The first-order chi connectivity index (χ1) is 11.6. The van der Waals surface area contributed by atoms with Gasteiger partial charge < -0.3 is 14.2 Å². The van der Waals surface area contributed by atoms with E-state index in [0.717, 1.165) is 23.7 Å². The topological polar surface area (TPSA) is 27.7 Å². The van der Waals surface area contributed by atoms with E-state index >= 15 is 0 Å². The van der Waals surface area contributed by atoms with Gasteiger partial charge in [-0.05, 0) is 39.5 Å². The predicted molar refractivity (Wildman–Crippen MR) is 108 cm³/mol. The molecule has 0 aromatic carbocycles. The number of hydrogen-bond donors (Lipinski definition) is 0. The summed E-state index contributed by atoms with van der Waals surface area (Å²) < 4.78 is 19.0. The summed E-state index contributed by atoms with van der Waals surface area (Å²) in [5, 5.41) is 0. The minimum absolute atomic E-state index is 0.289. The van der Waals surface area contributed by atoms with Gasteiger partial charge in [-0.3, -0.25) is 0 Å². The smallest absolute Gasteiger partial charge is 0.166 e. The molecule has 0 aromatic rings. The molecule has 1 saturated heterocycles. The molecule has 2 rings (SSSR count). The van der Waals surface area contributed by atoms with Crippen LogP contribution in [0.5, 0.6) is 0 Å². The minimum atomic E-state index is -1.33. The lowest BCUT2D eigenvalue weighted by Crippen LogP contribution is -2.39. The molecule has 0 radical (unpaired) electrons. The summed E-state index contributed by atoms with van der Waals surface area (Å²) in [4.78, 5) is 0. The summed E-state index contributed by atoms with van der Waals surface area (Å²) >= 11 is 3.72. The van der Waals surface area contributed by atoms with Gasteiger partial charge in [-0.2, -0.15) is 0 Å². The van der Waals surface area contributed by atoms with Gasteiger partial charge in [0.15, 0.2) is 11.9 Å². The third kappa shape index (κ3) is 5.98. The fourth-order valence-electron chi connectivity index (χ4n) is 3.04. The number of rotatable bonds is 2. The maximum absolute atomic E-state index is 6.32. The molecule has 0 amide bonds. The standard InChI is InChI=1S/C20H29BrO3Si/c1-19(2)23-18(12-9-14-22-15-10-16-25(3,4)5)20(24-19)13-8-6-7-11-17(20)21/h11,18H,6-8,13-15H2,1-5H3/t18-,20-/m0/s1. The van der Waals surface area contributed by atoms with Gasteiger partial charge in [0.2, 0.25) is 0 Å². The van der Waals surface area contributed by atoms with Crippen molar-refractivity contribution in [3.05, 3.63) is 10.6 Å². The predicted octanol–water partition coefficient (Wildman–Crippen LogP) is 4.63. The van der Waals surface area contributed by atoms with E-state index in [-0.39, 0.29) is 6.10 Å². The Bertz CT molecular complexity index is 627. The largest absolute Gasteiger partial charge is 0.356 e. The van der Waals surface area contributed by atoms with Crippen LogP contribution < -0.4 is 0 Å². The highest BCUT2D eigenvalue weighted by atomic mass is 79.9. The maximum Gasteiger partial charge on any atom is 0.166 e. The molecule has 0 saturated carbocycles. The Balaban J connectivity index is 2.01. The van der Waals surface area contributed by atoms with Crippen LogP contribution in [0.1, 0.15) is 39.5 Å². The van der Waals surface area contributed by atoms with Gasteiger partial charge >= 0.3 is 0 Å². The monoisotopic (exact) mass is 424 g/mol. The molecule has 25 heavy (non-hydrogen) atoms. The fraction of sp³-hybridized carbons (Fsp3) is 0.700. The van der Waals surface area contributed by atoms with Crippen LogP contribution in [0, 0.1) is 23.3 Å². The molecule has 0 N–H and O–H groups in total. The Kier molecular flexibility index (Phi) is 6.99. The molecule has 138 valence electrons. The summed E-state index contributed by atoms with van der Waals surface area (Å²) in [5.41, 5.74) is 2.79. The van der Waals surface area contributed by atoms with E-state index in [2.05, 4.69) is 65.0 Å². The average molecular weight is 425 g/mol. The number of allylic oxidation sites excluding steroid dienone is 1. The van der Waals surface area contributed by atoms with Crippen LogP contribution in [0.3, 0.4) is 0 Å². The number of halogens is 1. The van der Waals surface area contributed by atoms with Crippen LogP contribution in [0.2, 0.25) is 19.6 Å². The quantitative estimate of drug-likeness (QED) is 0.367. The van der Waals surface area contributed by atoms with Gasteiger partial charge in [0.1, 0.15) is 26.9 Å². The van der Waals surface area contributed by atoms with Crippen LogP contribution in [0.25, 0.3) is 0 Å². The highest BCUT2D eigenvalue weighted by molar-refractivity contribution is 9.11. The van der Waals surface area contributed by atoms with E-state index in [9.17, 15) is 0 Å². The van der Waals surface area contributed by atoms with Crippen molar-refractivity contribution in [1.82, 2.24) is 0 Å². The molecule has 1 spiro atoms. The van der Waals surface area contributed by atoms with E-state index in [1.165, 1.54) is 6.42 Å². The molecule has 0 unspecified atom stereocenters. The fourth-order valence-corrected chi connectivity index (χ4v) is 4.36. The maximum atomic E-state index is 6.32. The van der Waals surface area contributed by atoms with Gasteiger partial charge in [-0.15, -0.1) is 5.54 Å². The number of hydrogen-bond acceptors (Lipinski definition) is 3. The van der Waals surface area contributed by atoms with E-state index in [1.807, 2.05) is 13.8 Å². The van der Waals surface area contributed by atoms with Crippen LogP contribution in [-0.2, 0) is 14.2 Å². The minimum Gasteiger partial charge on any atom is -0.356 e. The van der Waals surface area contributed by atoms with Gasteiger partial charge in [-0.1, -0.05) is 59.4 Å². The Morgan fingerprint density at radius 3 is 2.68 bits per heavy atom. The summed E-state index contributed by atoms with van der Waals surface area (Å²) in [5.74, 6) is 8.77. The lowest BCUT2D eigenvalue weighted by molar-refractivity contribution is -0.155. The van der Waals surface area contributed by atoms with Crippen molar-refractivity contribution in [3.63, 3.8) is 0 Å². The Morgan fingerprint density at radius 2 is 1.96 bits per heavy atom. The van der Waals surface area contributed by atoms with Gasteiger partial charge in [0.25, 0.3) is 0 Å². The molecule has 2 atom stereocenters. The van der Waals surface area contributed by atoms with Gasteiger partial charge in [0.05, 0.1) is 0 Å². The van der Waals surface area contributed by atoms with Crippen molar-refractivity contribution in [2.45, 2.75) is 76.7 Å². The Hall–Kier alpha value is -0.563. The summed E-state index contributed by atoms with van der Waals surface area (Å²) in [6.07, 6.45) is 6.16. The second-order valence-corrected chi connectivity index (χ2v) is 13.7. The van der Waals surface area contributed by atoms with Crippen molar-refractivity contribution in [2.24, 2.45) is 0 Å². The first-order valence-electron chi connectivity index (χ1n) is 8.95. The molecule has 3 nitrogen and oxygen atoms in total. The van der Waals surface area contributed by atoms with Crippen LogP contribution >= 0.6 is 15.9 Å². The zero-order chi connectivity index (χ0) is 18.6. The molecule has 1 fully saturated rings. The molecule has 0 aromatic heterocycles. The molecular weight excluding hydrogens is 396 g/mol. The molecule has 5 heteroatoms. The molecule has 2 aliphatic rings. The Morgan fingerprint density at radius 1 is 1.24 bits per heavy atom. The van der Waals surface area contributed by atoms with Crippen molar-refractivity contribution in [1.29, 1.82) is 0 Å². The Labute approximate surface area is 162 Å². The third-order valence-corrected chi connectivity index (χ3v) is 5.95. The SMILES string of the molecule is CC1(C)O[C@@H](C#CCOCC#C[Si](C)(C)C)[C@@]2(CCCCC=C2Br)O1. The molecule has 1 heterocycles. The molecule has 1 aliphatic heterocycles. The third-order valence-electron chi connectivity index (χ3n) is 4.03. The first kappa shape index (κ1) is 20.7. The number of ether oxygens (including phenoxy) is 3. The average Bonchev–Trinajstić information content (AvgIpc) is 2.62. The zero-order valence-corrected chi connectivity index (χ0v) is 18.6. The highest BCUT2D eigenvalue weighted by Crippen LogP contribution is 2.47. The van der Waals surface area contributed by atoms with E-state index < -0.39 is 19.5 Å². The molecule has 1 aliphatic carbocycles. The van der Waals surface area contributed by atoms with E-state index in [0.29, 0.717) is 13.2 Å². The van der Waals surface area contributed by atoms with Gasteiger partial charge in [0, 0.05) is 4.48 Å². The summed E-state index contributed by atoms with van der Waals surface area (Å²) in [6.45, 7) is 11.3.